The minimum absolute atomic E-state index is 0.259. The van der Waals surface area contributed by atoms with Crippen LogP contribution in [-0.4, -0.2) is 27.0 Å². The van der Waals surface area contributed by atoms with Crippen LogP contribution in [0.25, 0.3) is 0 Å². The molecule has 4 rings (SSSR count). The van der Waals surface area contributed by atoms with Crippen LogP contribution < -0.4 is 10.2 Å². The molecule has 0 aliphatic heterocycles. The number of halogens is 1. The summed E-state index contributed by atoms with van der Waals surface area (Å²) in [6.45, 7) is 0. The van der Waals surface area contributed by atoms with Gasteiger partial charge in [-0.3, -0.25) is 0 Å². The molecule has 0 atom stereocenters. The van der Waals surface area contributed by atoms with Gasteiger partial charge in [0.15, 0.2) is 0 Å². The van der Waals surface area contributed by atoms with Gasteiger partial charge in [0.05, 0.1) is 0 Å². The second kappa shape index (κ2) is 8.87. The third-order valence-electron chi connectivity index (χ3n) is 5.72. The number of anilines is 3. The van der Waals surface area contributed by atoms with E-state index in [-0.39, 0.29) is 5.28 Å². The lowest BCUT2D eigenvalue weighted by atomic mass is 9.94. The zero-order valence-corrected chi connectivity index (χ0v) is 16.5. The third-order valence-corrected chi connectivity index (χ3v) is 5.89. The molecule has 27 heavy (non-hydrogen) atoms. The number of rotatable bonds is 5. The van der Waals surface area contributed by atoms with Gasteiger partial charge in [-0.15, -0.1) is 0 Å². The van der Waals surface area contributed by atoms with E-state index in [4.69, 9.17) is 16.6 Å². The lowest BCUT2D eigenvalue weighted by molar-refractivity contribution is 0.432. The second-order valence-electron chi connectivity index (χ2n) is 7.70. The average molecular weight is 386 g/mol. The predicted molar refractivity (Wildman–Crippen MR) is 111 cm³/mol. The summed E-state index contributed by atoms with van der Waals surface area (Å²) in [4.78, 5) is 15.9. The van der Waals surface area contributed by atoms with Gasteiger partial charge in [-0.25, -0.2) is 0 Å². The molecule has 1 aromatic carbocycles. The molecule has 1 heterocycles. The van der Waals surface area contributed by atoms with E-state index >= 15 is 0 Å². The van der Waals surface area contributed by atoms with E-state index in [1.807, 2.05) is 6.07 Å². The van der Waals surface area contributed by atoms with E-state index in [0.717, 1.165) is 18.5 Å². The first kappa shape index (κ1) is 18.5. The van der Waals surface area contributed by atoms with Crippen LogP contribution in [0.1, 0.15) is 64.2 Å². The van der Waals surface area contributed by atoms with Crippen molar-refractivity contribution in [3.05, 3.63) is 35.6 Å². The van der Waals surface area contributed by atoms with Gasteiger partial charge < -0.3 is 10.2 Å². The monoisotopic (exact) mass is 385 g/mol. The second-order valence-corrected chi connectivity index (χ2v) is 8.04. The van der Waals surface area contributed by atoms with Crippen LogP contribution in [0, 0.1) is 0 Å². The van der Waals surface area contributed by atoms with Gasteiger partial charge in [0, 0.05) is 17.8 Å². The van der Waals surface area contributed by atoms with Crippen LogP contribution >= 0.6 is 11.6 Å². The summed E-state index contributed by atoms with van der Waals surface area (Å²) < 4.78 is 0. The minimum Gasteiger partial charge on any atom is -0.351 e. The van der Waals surface area contributed by atoms with Crippen molar-refractivity contribution in [1.82, 2.24) is 15.0 Å². The Hall–Kier alpha value is -1.88. The van der Waals surface area contributed by atoms with Crippen molar-refractivity contribution in [2.24, 2.45) is 0 Å². The molecule has 0 unspecified atom stereocenters. The van der Waals surface area contributed by atoms with Crippen LogP contribution in [0.5, 0.6) is 0 Å². The van der Waals surface area contributed by atoms with Crippen molar-refractivity contribution >= 4 is 29.2 Å². The highest BCUT2D eigenvalue weighted by atomic mass is 35.5. The molecule has 0 amide bonds. The Morgan fingerprint density at radius 1 is 0.815 bits per heavy atom. The molecule has 0 saturated heterocycles. The first-order valence-electron chi connectivity index (χ1n) is 10.3. The molecule has 144 valence electrons. The number of aromatic nitrogens is 3. The van der Waals surface area contributed by atoms with E-state index in [9.17, 15) is 0 Å². The maximum absolute atomic E-state index is 6.31. The molecule has 2 saturated carbocycles. The fraction of sp³-hybridized carbons (Fsp3) is 0.571. The Morgan fingerprint density at radius 2 is 1.48 bits per heavy atom. The first-order chi connectivity index (χ1) is 13.3. The minimum atomic E-state index is 0.259. The fourth-order valence-corrected chi connectivity index (χ4v) is 4.51. The summed E-state index contributed by atoms with van der Waals surface area (Å²) in [5.74, 6) is 1.26. The molecule has 0 radical (unpaired) electrons. The summed E-state index contributed by atoms with van der Waals surface area (Å²) >= 11 is 6.31. The number of hydrogen-bond acceptors (Lipinski definition) is 5. The Morgan fingerprint density at radius 3 is 2.19 bits per heavy atom. The molecule has 0 bridgehead atoms. The highest BCUT2D eigenvalue weighted by Crippen LogP contribution is 2.33. The van der Waals surface area contributed by atoms with E-state index in [2.05, 4.69) is 44.5 Å². The normalized spacial score (nSPS) is 19.0. The largest absolute Gasteiger partial charge is 0.351 e. The Balaban J connectivity index is 1.64. The highest BCUT2D eigenvalue weighted by Gasteiger charge is 2.26. The molecule has 2 aliphatic rings. The van der Waals surface area contributed by atoms with Crippen molar-refractivity contribution in [1.29, 1.82) is 0 Å². The van der Waals surface area contributed by atoms with E-state index < -0.39 is 0 Å². The number of nitrogens with zero attached hydrogens (tertiary/aromatic N) is 4. The standard InChI is InChI=1S/C21H28ClN5/c22-19-24-20(23-16-10-4-1-5-11-16)26-21(25-19)27(17-12-6-2-7-13-17)18-14-8-3-9-15-18/h2,6-7,12-13,16,18H,1,3-5,8-11,14-15H2,(H,23,24,25,26). The highest BCUT2D eigenvalue weighted by molar-refractivity contribution is 6.28. The molecule has 2 aliphatic carbocycles. The first-order valence-corrected chi connectivity index (χ1v) is 10.7. The van der Waals surface area contributed by atoms with Crippen LogP contribution in [0.2, 0.25) is 5.28 Å². The molecule has 1 N–H and O–H groups in total. The summed E-state index contributed by atoms with van der Waals surface area (Å²) in [5.41, 5.74) is 1.12. The Kier molecular flexibility index (Phi) is 6.07. The Bertz CT molecular complexity index is 727. The summed E-state index contributed by atoms with van der Waals surface area (Å²) in [6.07, 6.45) is 12.3. The molecule has 2 aromatic rings. The molecule has 1 aromatic heterocycles. The summed E-state index contributed by atoms with van der Waals surface area (Å²) in [6, 6.07) is 11.3. The maximum Gasteiger partial charge on any atom is 0.236 e. The van der Waals surface area contributed by atoms with Gasteiger partial charge in [-0.05, 0) is 49.4 Å². The molecule has 6 heteroatoms. The van der Waals surface area contributed by atoms with Crippen LogP contribution in [0.3, 0.4) is 0 Å². The lowest BCUT2D eigenvalue weighted by Crippen LogP contribution is -2.34. The molecule has 2 fully saturated rings. The van der Waals surface area contributed by atoms with Gasteiger partial charge in [0.2, 0.25) is 17.2 Å². The van der Waals surface area contributed by atoms with Crippen LogP contribution in [0.15, 0.2) is 30.3 Å². The average Bonchev–Trinajstić information content (AvgIpc) is 2.70. The zero-order valence-electron chi connectivity index (χ0n) is 15.8. The quantitative estimate of drug-likeness (QED) is 0.711. The fourth-order valence-electron chi connectivity index (χ4n) is 4.36. The summed E-state index contributed by atoms with van der Waals surface area (Å²) in [7, 11) is 0. The maximum atomic E-state index is 6.31. The number of nitrogens with one attached hydrogen (secondary N) is 1. The lowest BCUT2D eigenvalue weighted by Gasteiger charge is -2.34. The van der Waals surface area contributed by atoms with Crippen LogP contribution in [0.4, 0.5) is 17.6 Å². The number of benzene rings is 1. The van der Waals surface area contributed by atoms with Gasteiger partial charge in [-0.1, -0.05) is 56.7 Å². The van der Waals surface area contributed by atoms with Crippen LogP contribution in [-0.2, 0) is 0 Å². The van der Waals surface area contributed by atoms with Gasteiger partial charge in [0.25, 0.3) is 0 Å². The smallest absolute Gasteiger partial charge is 0.236 e. The summed E-state index contributed by atoms with van der Waals surface area (Å²) in [5, 5.41) is 3.76. The van der Waals surface area contributed by atoms with E-state index in [0.29, 0.717) is 24.0 Å². The number of hydrogen-bond donors (Lipinski definition) is 1. The molecular weight excluding hydrogens is 358 g/mol. The zero-order chi connectivity index (χ0) is 18.5. The van der Waals surface area contributed by atoms with Crippen molar-refractivity contribution in [3.63, 3.8) is 0 Å². The van der Waals surface area contributed by atoms with Crippen molar-refractivity contribution in [3.8, 4) is 0 Å². The van der Waals surface area contributed by atoms with Crippen molar-refractivity contribution in [2.45, 2.75) is 76.3 Å². The SMILES string of the molecule is Clc1nc(NC2CCCCC2)nc(N(c2ccccc2)C2CCCCC2)n1. The molecule has 0 spiro atoms. The van der Waals surface area contributed by atoms with Gasteiger partial charge in [0.1, 0.15) is 0 Å². The van der Waals surface area contributed by atoms with E-state index in [1.165, 1.54) is 51.4 Å². The van der Waals surface area contributed by atoms with Crippen molar-refractivity contribution < 1.29 is 0 Å². The third kappa shape index (κ3) is 4.70. The predicted octanol–water partition coefficient (Wildman–Crippen LogP) is 5.74. The molecule has 5 nitrogen and oxygen atoms in total. The van der Waals surface area contributed by atoms with Gasteiger partial charge in [-0.2, -0.15) is 15.0 Å². The van der Waals surface area contributed by atoms with Crippen molar-refractivity contribution in [2.75, 3.05) is 10.2 Å². The van der Waals surface area contributed by atoms with Gasteiger partial charge >= 0.3 is 0 Å². The topological polar surface area (TPSA) is 53.9 Å². The van der Waals surface area contributed by atoms with E-state index in [1.54, 1.807) is 0 Å². The Labute approximate surface area is 166 Å². The number of para-hydroxylation sites is 1. The molecular formula is C21H28ClN5.